The van der Waals surface area contributed by atoms with Gasteiger partial charge in [0.15, 0.2) is 0 Å². The van der Waals surface area contributed by atoms with Gasteiger partial charge >= 0.3 is 0 Å². The van der Waals surface area contributed by atoms with E-state index in [1.807, 2.05) is 36.4 Å². The van der Waals surface area contributed by atoms with Crippen LogP contribution in [0.4, 0.5) is 5.95 Å². The third-order valence-electron chi connectivity index (χ3n) is 5.63. The monoisotopic (exact) mass is 434 g/mol. The quantitative estimate of drug-likeness (QED) is 0.488. The Labute approximate surface area is 185 Å². The van der Waals surface area contributed by atoms with Gasteiger partial charge in [0.05, 0.1) is 32.8 Å². The summed E-state index contributed by atoms with van der Waals surface area (Å²) in [5.41, 5.74) is 3.09. The molecule has 8 heteroatoms. The number of hydrogen-bond donors (Lipinski definition) is 2. The highest BCUT2D eigenvalue weighted by Gasteiger charge is 2.19. The van der Waals surface area contributed by atoms with Gasteiger partial charge in [-0.25, -0.2) is 9.97 Å². The molecule has 0 radical (unpaired) electrons. The van der Waals surface area contributed by atoms with Crippen LogP contribution in [0.3, 0.4) is 0 Å². The van der Waals surface area contributed by atoms with E-state index in [9.17, 15) is 4.79 Å². The second-order valence-corrected chi connectivity index (χ2v) is 8.98. The van der Waals surface area contributed by atoms with Crippen molar-refractivity contribution in [2.75, 3.05) is 44.2 Å². The minimum atomic E-state index is 0.0818. The van der Waals surface area contributed by atoms with Crippen LogP contribution < -0.4 is 10.2 Å². The normalized spacial score (nSPS) is 15.4. The molecule has 0 saturated carbocycles. The van der Waals surface area contributed by atoms with E-state index in [0.29, 0.717) is 13.1 Å². The number of carbonyl (C=O) groups excluding carboxylic acids is 1. The van der Waals surface area contributed by atoms with Crippen molar-refractivity contribution >= 4 is 44.4 Å². The van der Waals surface area contributed by atoms with Gasteiger partial charge in [0.2, 0.25) is 11.9 Å². The molecule has 7 nitrogen and oxygen atoms in total. The predicted octanol–water partition coefficient (Wildman–Crippen LogP) is 3.04. The third kappa shape index (κ3) is 4.70. The minimum absolute atomic E-state index is 0.0818. The highest BCUT2D eigenvalue weighted by molar-refractivity contribution is 7.18. The Balaban J connectivity index is 1.09. The summed E-state index contributed by atoms with van der Waals surface area (Å²) < 4.78 is 1.20. The number of fused-ring (bicyclic) bond motifs is 2. The third-order valence-corrected chi connectivity index (χ3v) is 6.73. The van der Waals surface area contributed by atoms with Crippen molar-refractivity contribution in [1.29, 1.82) is 0 Å². The van der Waals surface area contributed by atoms with Gasteiger partial charge in [-0.05, 0) is 30.7 Å². The summed E-state index contributed by atoms with van der Waals surface area (Å²) in [6.45, 7) is 4.63. The molecule has 1 saturated heterocycles. The molecular formula is C23H26N6OS. The number of amides is 1. The van der Waals surface area contributed by atoms with Gasteiger partial charge in [0, 0.05) is 39.1 Å². The van der Waals surface area contributed by atoms with Crippen LogP contribution in [0.5, 0.6) is 0 Å². The van der Waals surface area contributed by atoms with E-state index < -0.39 is 0 Å². The van der Waals surface area contributed by atoms with Crippen molar-refractivity contribution in [1.82, 2.24) is 25.2 Å². The maximum Gasteiger partial charge on any atom is 0.234 e. The number of benzene rings is 2. The molecule has 3 heterocycles. The molecule has 1 fully saturated rings. The lowest BCUT2D eigenvalue weighted by Crippen LogP contribution is -2.40. The Bertz CT molecular complexity index is 1120. The van der Waals surface area contributed by atoms with Crippen LogP contribution in [0.1, 0.15) is 11.4 Å². The number of rotatable bonds is 6. The molecule has 0 atom stereocenters. The fourth-order valence-electron chi connectivity index (χ4n) is 4.02. The van der Waals surface area contributed by atoms with Gasteiger partial charge in [0.25, 0.3) is 0 Å². The van der Waals surface area contributed by atoms with Gasteiger partial charge in [-0.1, -0.05) is 24.3 Å². The van der Waals surface area contributed by atoms with E-state index in [1.54, 1.807) is 11.3 Å². The molecule has 0 bridgehead atoms. The molecule has 160 valence electrons. The fraction of sp³-hybridized carbons (Fsp3) is 0.348. The molecule has 5 rings (SSSR count). The average molecular weight is 435 g/mol. The van der Waals surface area contributed by atoms with E-state index in [0.717, 1.165) is 66.5 Å². The number of imidazole rings is 1. The van der Waals surface area contributed by atoms with Crippen LogP contribution in [0, 0.1) is 0 Å². The van der Waals surface area contributed by atoms with E-state index in [1.165, 1.54) is 4.70 Å². The Hall–Kier alpha value is -2.97. The van der Waals surface area contributed by atoms with Crippen LogP contribution in [0.15, 0.2) is 48.5 Å². The summed E-state index contributed by atoms with van der Waals surface area (Å²) in [6, 6.07) is 16.3. The Morgan fingerprint density at radius 3 is 2.71 bits per heavy atom. The SMILES string of the molecule is O=C(CN1CCCN(c2nc3ccccc3[nH]2)CC1)NCCc1nc2ccccc2s1. The summed E-state index contributed by atoms with van der Waals surface area (Å²) in [4.78, 5) is 29.7. The summed E-state index contributed by atoms with van der Waals surface area (Å²) >= 11 is 1.70. The average Bonchev–Trinajstić information content (AvgIpc) is 3.32. The van der Waals surface area contributed by atoms with E-state index >= 15 is 0 Å². The molecule has 1 aliphatic heterocycles. The molecule has 1 aliphatic rings. The molecule has 0 aliphatic carbocycles. The first-order valence-electron chi connectivity index (χ1n) is 10.8. The molecule has 31 heavy (non-hydrogen) atoms. The molecule has 2 aromatic heterocycles. The highest BCUT2D eigenvalue weighted by Crippen LogP contribution is 2.21. The van der Waals surface area contributed by atoms with Gasteiger partial charge in [-0.15, -0.1) is 11.3 Å². The van der Waals surface area contributed by atoms with Crippen molar-refractivity contribution in [3.8, 4) is 0 Å². The fourth-order valence-corrected chi connectivity index (χ4v) is 4.99. The Kier molecular flexibility index (Phi) is 5.82. The number of hydrogen-bond acceptors (Lipinski definition) is 6. The summed E-state index contributed by atoms with van der Waals surface area (Å²) in [5, 5.41) is 4.13. The number of nitrogens with one attached hydrogen (secondary N) is 2. The minimum Gasteiger partial charge on any atom is -0.355 e. The summed E-state index contributed by atoms with van der Waals surface area (Å²) in [6.07, 6.45) is 1.78. The molecule has 0 spiro atoms. The smallest absolute Gasteiger partial charge is 0.234 e. The van der Waals surface area contributed by atoms with Gasteiger partial charge < -0.3 is 15.2 Å². The first-order valence-corrected chi connectivity index (χ1v) is 11.6. The molecule has 0 unspecified atom stereocenters. The zero-order valence-electron chi connectivity index (χ0n) is 17.4. The van der Waals surface area contributed by atoms with Crippen molar-refractivity contribution in [2.45, 2.75) is 12.8 Å². The second-order valence-electron chi connectivity index (χ2n) is 7.87. The topological polar surface area (TPSA) is 77.2 Å². The highest BCUT2D eigenvalue weighted by atomic mass is 32.1. The zero-order valence-corrected chi connectivity index (χ0v) is 18.2. The largest absolute Gasteiger partial charge is 0.355 e. The van der Waals surface area contributed by atoms with E-state index in [-0.39, 0.29) is 5.91 Å². The summed E-state index contributed by atoms with van der Waals surface area (Å²) in [7, 11) is 0. The molecule has 2 N–H and O–H groups in total. The van der Waals surface area contributed by atoms with Crippen LogP contribution in [0.25, 0.3) is 21.3 Å². The molecule has 1 amide bonds. The number of nitrogens with zero attached hydrogens (tertiary/aromatic N) is 4. The standard InChI is InChI=1S/C23H26N6OS/c30-21(24-11-10-22-25-19-8-3-4-9-20(19)31-22)16-28-12-5-13-29(15-14-28)23-26-17-6-1-2-7-18(17)27-23/h1-4,6-9H,5,10-16H2,(H,24,30)(H,26,27). The van der Waals surface area contributed by atoms with Crippen molar-refractivity contribution in [2.24, 2.45) is 0 Å². The maximum atomic E-state index is 12.5. The van der Waals surface area contributed by atoms with Crippen LogP contribution in [-0.4, -0.2) is 65.0 Å². The Morgan fingerprint density at radius 2 is 1.84 bits per heavy atom. The lowest BCUT2D eigenvalue weighted by molar-refractivity contribution is -0.122. The molecular weight excluding hydrogens is 408 g/mol. The molecule has 2 aromatic carbocycles. The number of aromatic nitrogens is 3. The van der Waals surface area contributed by atoms with Crippen molar-refractivity contribution in [3.63, 3.8) is 0 Å². The maximum absolute atomic E-state index is 12.5. The summed E-state index contributed by atoms with van der Waals surface area (Å²) in [5.74, 6) is 1.00. The Morgan fingerprint density at radius 1 is 1.00 bits per heavy atom. The molecule has 4 aromatic rings. The van der Waals surface area contributed by atoms with Gasteiger partial charge in [0.1, 0.15) is 0 Å². The van der Waals surface area contributed by atoms with Crippen LogP contribution in [0.2, 0.25) is 0 Å². The van der Waals surface area contributed by atoms with Gasteiger partial charge in [-0.2, -0.15) is 0 Å². The number of thiazole rings is 1. The van der Waals surface area contributed by atoms with Crippen LogP contribution in [-0.2, 0) is 11.2 Å². The predicted molar refractivity (Wildman–Crippen MR) is 126 cm³/mol. The lowest BCUT2D eigenvalue weighted by Gasteiger charge is -2.21. The van der Waals surface area contributed by atoms with Crippen molar-refractivity contribution < 1.29 is 4.79 Å². The number of H-pyrrole nitrogens is 1. The first kappa shape index (κ1) is 20.0. The van der Waals surface area contributed by atoms with Crippen LogP contribution >= 0.6 is 11.3 Å². The second kappa shape index (κ2) is 9.03. The van der Waals surface area contributed by atoms with E-state index in [2.05, 4.69) is 37.2 Å². The number of anilines is 1. The van der Waals surface area contributed by atoms with E-state index in [4.69, 9.17) is 4.98 Å². The van der Waals surface area contributed by atoms with Gasteiger partial charge in [-0.3, -0.25) is 9.69 Å². The number of carbonyl (C=O) groups is 1. The lowest BCUT2D eigenvalue weighted by atomic mass is 10.3. The zero-order chi connectivity index (χ0) is 21.0. The first-order chi connectivity index (χ1) is 15.2. The number of aromatic amines is 1. The number of para-hydroxylation sites is 3. The van der Waals surface area contributed by atoms with Crippen molar-refractivity contribution in [3.05, 3.63) is 53.5 Å².